The highest BCUT2D eigenvalue weighted by molar-refractivity contribution is 7.89. The maximum Gasteiger partial charge on any atom is 0.408 e. The zero-order valence-corrected chi connectivity index (χ0v) is 29.1. The third-order valence-electron chi connectivity index (χ3n) is 7.17. The molecule has 266 valence electrons. The Morgan fingerprint density at radius 3 is 2.18 bits per heavy atom. The molecule has 0 aliphatic heterocycles. The maximum absolute atomic E-state index is 14.2. The highest BCUT2D eigenvalue weighted by Crippen LogP contribution is 2.30. The van der Waals surface area contributed by atoms with Gasteiger partial charge in [-0.25, -0.2) is 26.7 Å². The summed E-state index contributed by atoms with van der Waals surface area (Å²) in [4.78, 5) is 40.8. The number of rotatable bonds is 17. The number of benzene rings is 3. The molecule has 3 N–H and O–H groups in total. The van der Waals surface area contributed by atoms with Gasteiger partial charge < -0.3 is 24.8 Å². The van der Waals surface area contributed by atoms with Gasteiger partial charge in [0, 0.05) is 43.9 Å². The zero-order valence-electron chi connectivity index (χ0n) is 26.8. The third kappa shape index (κ3) is 10.6. The molecule has 0 saturated carbocycles. The van der Waals surface area contributed by atoms with Crippen LogP contribution in [0.2, 0.25) is 10.0 Å². The van der Waals surface area contributed by atoms with Gasteiger partial charge in [-0.05, 0) is 49.7 Å². The van der Waals surface area contributed by atoms with Crippen LogP contribution < -0.4 is 10.0 Å². The van der Waals surface area contributed by atoms with E-state index in [0.717, 1.165) is 28.0 Å². The summed E-state index contributed by atoms with van der Waals surface area (Å²) in [5.74, 6) is -5.63. The summed E-state index contributed by atoms with van der Waals surface area (Å²) in [5.41, 5.74) is 0.604. The molecule has 0 radical (unpaired) electrons. The Labute approximate surface area is 292 Å². The molecule has 0 aliphatic rings. The van der Waals surface area contributed by atoms with Gasteiger partial charge in [-0.1, -0.05) is 59.6 Å². The van der Waals surface area contributed by atoms with Gasteiger partial charge in [-0.15, -0.1) is 0 Å². The van der Waals surface area contributed by atoms with Gasteiger partial charge in [0.15, 0.2) is 11.6 Å². The van der Waals surface area contributed by atoms with Crippen molar-refractivity contribution >= 4 is 51.1 Å². The lowest BCUT2D eigenvalue weighted by molar-refractivity contribution is -0.249. The minimum absolute atomic E-state index is 0.0724. The fourth-order valence-electron chi connectivity index (χ4n) is 4.80. The van der Waals surface area contributed by atoms with Crippen LogP contribution in [-0.2, 0) is 41.4 Å². The highest BCUT2D eigenvalue weighted by atomic mass is 35.5. The number of likely N-dealkylation sites (N-methyl/N-ethyl adjacent to an activating group) is 1. The Kier molecular flexibility index (Phi) is 14.3. The lowest BCUT2D eigenvalue weighted by atomic mass is 10.0. The fraction of sp³-hybridized carbons (Fsp3) is 0.344. The second-order valence-corrected chi connectivity index (χ2v) is 13.1. The summed E-state index contributed by atoms with van der Waals surface area (Å²) in [6.45, 7) is 1.44. The second-order valence-electron chi connectivity index (χ2n) is 10.6. The summed E-state index contributed by atoms with van der Waals surface area (Å²) in [5, 5.41) is 12.5. The molecule has 0 saturated heterocycles. The molecule has 0 spiro atoms. The Bertz CT molecular complexity index is 1730. The second kappa shape index (κ2) is 17.7. The van der Waals surface area contributed by atoms with Crippen LogP contribution in [0, 0.1) is 11.6 Å². The number of halogens is 4. The lowest BCUT2D eigenvalue weighted by Gasteiger charge is -2.37. The molecular weight excluding hydrogens is 709 g/mol. The first-order valence-corrected chi connectivity index (χ1v) is 17.1. The number of ether oxygens (including phenoxy) is 2. The van der Waals surface area contributed by atoms with Crippen LogP contribution in [0.15, 0.2) is 71.6 Å². The number of carbonyl (C=O) groups is 3. The number of amides is 3. The summed E-state index contributed by atoms with van der Waals surface area (Å²) in [6.07, 6.45) is -1.54. The molecule has 1 unspecified atom stereocenters. The molecule has 0 bridgehead atoms. The average Bonchev–Trinajstić information content (AvgIpc) is 3.04. The molecule has 0 heterocycles. The van der Waals surface area contributed by atoms with Crippen molar-refractivity contribution in [3.05, 3.63) is 99.5 Å². The molecule has 0 fully saturated rings. The number of nitrogens with one attached hydrogen (secondary N) is 2. The van der Waals surface area contributed by atoms with E-state index in [1.165, 1.54) is 25.2 Å². The van der Waals surface area contributed by atoms with E-state index < -0.39 is 64.5 Å². The van der Waals surface area contributed by atoms with Gasteiger partial charge in [0.05, 0.1) is 18.1 Å². The van der Waals surface area contributed by atoms with Crippen molar-refractivity contribution in [2.24, 2.45) is 0 Å². The average molecular weight is 746 g/mol. The Hall–Kier alpha value is -3.86. The standard InChI is InChI=1S/C32H36Cl2F2N4O8S/c1-4-47-32(48-5-2,22-11-13-25(35)26(36)15-22)20-39(3)29(41)18-37-30(42)27(40(31(43)44)19-21-9-7-6-8-10-21)17-38-49(45,46)28-14-12-23(33)16-24(28)34/h6-16,27,38H,4-5,17-20H2,1-3H3,(H,37,42)(H,43,44). The van der Waals surface area contributed by atoms with Crippen molar-refractivity contribution in [3.63, 3.8) is 0 Å². The van der Waals surface area contributed by atoms with Crippen LogP contribution in [-0.4, -0.2) is 87.2 Å². The molecule has 3 aromatic carbocycles. The quantitative estimate of drug-likeness (QED) is 0.170. The smallest absolute Gasteiger partial charge is 0.408 e. The van der Waals surface area contributed by atoms with Crippen LogP contribution in [0.25, 0.3) is 0 Å². The Morgan fingerprint density at radius 2 is 1.61 bits per heavy atom. The van der Waals surface area contributed by atoms with E-state index >= 15 is 0 Å². The van der Waals surface area contributed by atoms with Gasteiger partial charge in [-0.3, -0.25) is 14.5 Å². The minimum atomic E-state index is -4.37. The van der Waals surface area contributed by atoms with Gasteiger partial charge in [0.25, 0.3) is 0 Å². The van der Waals surface area contributed by atoms with E-state index in [0.29, 0.717) is 5.56 Å². The number of sulfonamides is 1. The summed E-state index contributed by atoms with van der Waals surface area (Å²) >= 11 is 12.0. The van der Waals surface area contributed by atoms with E-state index in [-0.39, 0.29) is 46.8 Å². The van der Waals surface area contributed by atoms with Crippen LogP contribution in [0.1, 0.15) is 25.0 Å². The predicted octanol–water partition coefficient (Wildman–Crippen LogP) is 4.60. The molecular formula is C32H36Cl2F2N4O8S. The van der Waals surface area contributed by atoms with Crippen LogP contribution >= 0.6 is 23.2 Å². The van der Waals surface area contributed by atoms with Crippen molar-refractivity contribution in [1.29, 1.82) is 0 Å². The van der Waals surface area contributed by atoms with Crippen molar-refractivity contribution in [1.82, 2.24) is 19.8 Å². The third-order valence-corrected chi connectivity index (χ3v) is 9.31. The minimum Gasteiger partial charge on any atom is -0.465 e. The Balaban J connectivity index is 1.84. The van der Waals surface area contributed by atoms with E-state index in [9.17, 15) is 36.7 Å². The van der Waals surface area contributed by atoms with Crippen molar-refractivity contribution < 1.29 is 46.2 Å². The molecule has 1 atom stereocenters. The first kappa shape index (κ1) is 39.6. The predicted molar refractivity (Wildman–Crippen MR) is 177 cm³/mol. The maximum atomic E-state index is 14.2. The summed E-state index contributed by atoms with van der Waals surface area (Å²) < 4.78 is 68.0. The fourth-order valence-corrected chi connectivity index (χ4v) is 6.61. The number of carbonyl (C=O) groups excluding carboxylic acids is 2. The zero-order chi connectivity index (χ0) is 36.4. The topological polar surface area (TPSA) is 155 Å². The highest BCUT2D eigenvalue weighted by Gasteiger charge is 2.38. The van der Waals surface area contributed by atoms with E-state index in [2.05, 4.69) is 10.0 Å². The molecule has 0 aromatic heterocycles. The molecule has 49 heavy (non-hydrogen) atoms. The van der Waals surface area contributed by atoms with Gasteiger partial charge in [0.2, 0.25) is 27.6 Å². The molecule has 0 aliphatic carbocycles. The largest absolute Gasteiger partial charge is 0.465 e. The Morgan fingerprint density at radius 1 is 0.959 bits per heavy atom. The molecule has 3 amide bonds. The number of hydrogen-bond donors (Lipinski definition) is 3. The molecule has 3 rings (SSSR count). The normalized spacial score (nSPS) is 12.3. The van der Waals surface area contributed by atoms with Crippen molar-refractivity contribution in [2.45, 2.75) is 37.1 Å². The van der Waals surface area contributed by atoms with E-state index in [1.54, 1.807) is 44.2 Å². The first-order valence-electron chi connectivity index (χ1n) is 14.9. The molecule has 12 nitrogen and oxygen atoms in total. The number of hydrogen-bond acceptors (Lipinski definition) is 7. The van der Waals surface area contributed by atoms with Gasteiger partial charge >= 0.3 is 6.09 Å². The van der Waals surface area contributed by atoms with Crippen LogP contribution in [0.5, 0.6) is 0 Å². The van der Waals surface area contributed by atoms with Gasteiger partial charge in [0.1, 0.15) is 10.9 Å². The number of nitrogens with zero attached hydrogens (tertiary/aromatic N) is 2. The SMILES string of the molecule is CCOC(CN(C)C(=O)CNC(=O)C(CNS(=O)(=O)c1ccc(Cl)cc1Cl)N(Cc1ccccc1)C(=O)O)(OCC)c1ccc(F)c(F)c1. The van der Waals surface area contributed by atoms with Crippen molar-refractivity contribution in [3.8, 4) is 0 Å². The number of carboxylic acid groups (broad SMARTS) is 1. The van der Waals surface area contributed by atoms with Crippen LogP contribution in [0.3, 0.4) is 0 Å². The van der Waals surface area contributed by atoms with Crippen molar-refractivity contribution in [2.75, 3.05) is 39.9 Å². The van der Waals surface area contributed by atoms with Crippen LogP contribution in [0.4, 0.5) is 13.6 Å². The summed E-state index contributed by atoms with van der Waals surface area (Å²) in [7, 11) is -3.01. The summed E-state index contributed by atoms with van der Waals surface area (Å²) in [6, 6.07) is 13.3. The van der Waals surface area contributed by atoms with E-state index in [4.69, 9.17) is 32.7 Å². The molecule has 3 aromatic rings. The molecule has 17 heteroatoms. The first-order chi connectivity index (χ1) is 23.1. The lowest BCUT2D eigenvalue weighted by Crippen LogP contribution is -2.55. The van der Waals surface area contributed by atoms with E-state index in [1.807, 2.05) is 0 Å². The van der Waals surface area contributed by atoms with Gasteiger partial charge in [-0.2, -0.15) is 0 Å². The monoisotopic (exact) mass is 744 g/mol.